The first-order valence-electron chi connectivity index (χ1n) is 6.24. The Morgan fingerprint density at radius 2 is 2.00 bits per heavy atom. The second-order valence-corrected chi connectivity index (χ2v) is 5.94. The quantitative estimate of drug-likeness (QED) is 0.821. The summed E-state index contributed by atoms with van der Waals surface area (Å²) >= 11 is 3.40. The van der Waals surface area contributed by atoms with Crippen molar-refractivity contribution in [2.75, 3.05) is 31.5 Å². The Morgan fingerprint density at radius 3 is 2.63 bits per heavy atom. The third-order valence-corrected chi connectivity index (χ3v) is 4.25. The molecule has 0 spiro atoms. The predicted molar refractivity (Wildman–Crippen MR) is 81.8 cm³/mol. The van der Waals surface area contributed by atoms with Crippen molar-refractivity contribution in [1.82, 2.24) is 10.2 Å². The first-order chi connectivity index (χ1) is 8.72. The molecule has 2 fully saturated rings. The molecular weight excluding hydrogens is 330 g/mol. The number of nitrogens with zero attached hydrogens (tertiary/aromatic N) is 1. The fraction of sp³-hybridized carbons (Fsp3) is 0.462. The van der Waals surface area contributed by atoms with E-state index in [0.29, 0.717) is 11.8 Å². The number of halogens is 2. The molecular formula is C13H17BrClN3O. The molecule has 104 valence electrons. The van der Waals surface area contributed by atoms with Gasteiger partial charge in [-0.25, -0.2) is 4.79 Å². The van der Waals surface area contributed by atoms with Crippen LogP contribution in [0.15, 0.2) is 28.7 Å². The van der Waals surface area contributed by atoms with Crippen molar-refractivity contribution < 1.29 is 4.79 Å². The van der Waals surface area contributed by atoms with Gasteiger partial charge in [-0.15, -0.1) is 12.4 Å². The van der Waals surface area contributed by atoms with Gasteiger partial charge in [-0.1, -0.05) is 22.0 Å². The van der Waals surface area contributed by atoms with E-state index in [1.54, 1.807) is 0 Å². The van der Waals surface area contributed by atoms with Crippen LogP contribution >= 0.6 is 28.3 Å². The van der Waals surface area contributed by atoms with Gasteiger partial charge in [0.05, 0.1) is 0 Å². The van der Waals surface area contributed by atoms with E-state index in [1.165, 1.54) is 0 Å². The van der Waals surface area contributed by atoms with Gasteiger partial charge >= 0.3 is 6.03 Å². The first-order valence-corrected chi connectivity index (χ1v) is 7.04. The highest BCUT2D eigenvalue weighted by atomic mass is 79.9. The molecule has 3 rings (SSSR count). The molecule has 2 amide bonds. The van der Waals surface area contributed by atoms with Gasteiger partial charge in [0, 0.05) is 36.3 Å². The Morgan fingerprint density at radius 1 is 1.32 bits per heavy atom. The lowest BCUT2D eigenvalue weighted by Crippen LogP contribution is -2.35. The van der Waals surface area contributed by atoms with E-state index in [0.717, 1.165) is 36.3 Å². The predicted octanol–water partition coefficient (Wildman–Crippen LogP) is 2.55. The van der Waals surface area contributed by atoms with E-state index in [-0.39, 0.29) is 18.4 Å². The van der Waals surface area contributed by atoms with Crippen LogP contribution in [0, 0.1) is 11.8 Å². The van der Waals surface area contributed by atoms with Crippen LogP contribution in [0.4, 0.5) is 10.5 Å². The zero-order valence-corrected chi connectivity index (χ0v) is 12.8. The minimum atomic E-state index is 0. The van der Waals surface area contributed by atoms with E-state index >= 15 is 0 Å². The van der Waals surface area contributed by atoms with Gasteiger partial charge in [0.25, 0.3) is 0 Å². The van der Waals surface area contributed by atoms with Crippen molar-refractivity contribution >= 4 is 40.1 Å². The topological polar surface area (TPSA) is 44.4 Å². The highest BCUT2D eigenvalue weighted by Crippen LogP contribution is 2.26. The Kier molecular flexibility index (Phi) is 4.71. The van der Waals surface area contributed by atoms with Crippen LogP contribution in [0.1, 0.15) is 0 Å². The van der Waals surface area contributed by atoms with Gasteiger partial charge in [0.1, 0.15) is 0 Å². The summed E-state index contributed by atoms with van der Waals surface area (Å²) in [6.07, 6.45) is 0. The largest absolute Gasteiger partial charge is 0.324 e. The molecule has 2 aliphatic heterocycles. The van der Waals surface area contributed by atoms with E-state index in [9.17, 15) is 4.79 Å². The summed E-state index contributed by atoms with van der Waals surface area (Å²) in [6, 6.07) is 7.70. The molecule has 1 aromatic rings. The molecule has 0 aliphatic carbocycles. The van der Waals surface area contributed by atoms with Crippen molar-refractivity contribution in [3.63, 3.8) is 0 Å². The van der Waals surface area contributed by atoms with Crippen molar-refractivity contribution in [2.24, 2.45) is 11.8 Å². The Labute approximate surface area is 127 Å². The van der Waals surface area contributed by atoms with E-state index in [2.05, 4.69) is 26.6 Å². The monoisotopic (exact) mass is 345 g/mol. The summed E-state index contributed by atoms with van der Waals surface area (Å²) in [6.45, 7) is 3.84. The summed E-state index contributed by atoms with van der Waals surface area (Å²) in [5.41, 5.74) is 0.838. The number of fused-ring (bicyclic) bond motifs is 1. The number of rotatable bonds is 1. The van der Waals surface area contributed by atoms with Crippen LogP contribution in [0.5, 0.6) is 0 Å². The normalized spacial score (nSPS) is 24.8. The average Bonchev–Trinajstić information content (AvgIpc) is 2.88. The average molecular weight is 347 g/mol. The molecule has 2 unspecified atom stereocenters. The summed E-state index contributed by atoms with van der Waals surface area (Å²) in [7, 11) is 0. The third-order valence-electron chi connectivity index (χ3n) is 3.75. The van der Waals surface area contributed by atoms with Gasteiger partial charge < -0.3 is 15.5 Å². The molecule has 2 N–H and O–H groups in total. The van der Waals surface area contributed by atoms with Crippen LogP contribution in [0.2, 0.25) is 0 Å². The smallest absolute Gasteiger partial charge is 0.321 e. The molecule has 2 saturated heterocycles. The maximum atomic E-state index is 12.1. The minimum Gasteiger partial charge on any atom is -0.324 e. The molecule has 0 saturated carbocycles. The number of anilines is 1. The number of nitrogens with one attached hydrogen (secondary N) is 2. The Balaban J connectivity index is 0.00000133. The number of hydrogen-bond donors (Lipinski definition) is 2. The molecule has 19 heavy (non-hydrogen) atoms. The van der Waals surface area contributed by atoms with Crippen molar-refractivity contribution in [3.8, 4) is 0 Å². The van der Waals surface area contributed by atoms with Crippen LogP contribution in [0.25, 0.3) is 0 Å². The summed E-state index contributed by atoms with van der Waals surface area (Å²) in [5.74, 6) is 1.27. The molecule has 2 aliphatic rings. The van der Waals surface area contributed by atoms with Crippen molar-refractivity contribution in [2.45, 2.75) is 0 Å². The number of hydrogen-bond acceptors (Lipinski definition) is 2. The third kappa shape index (κ3) is 3.22. The first kappa shape index (κ1) is 14.6. The lowest BCUT2D eigenvalue weighted by atomic mass is 10.0. The van der Waals surface area contributed by atoms with Gasteiger partial charge in [-0.3, -0.25) is 0 Å². The van der Waals surface area contributed by atoms with E-state index < -0.39 is 0 Å². The SMILES string of the molecule is Cl.O=C(Nc1cccc(Br)c1)N1CC2CNCC2C1. The number of carbonyl (C=O) groups is 1. The zero-order chi connectivity index (χ0) is 12.5. The second-order valence-electron chi connectivity index (χ2n) is 5.02. The molecule has 0 bridgehead atoms. The van der Waals surface area contributed by atoms with Crippen molar-refractivity contribution in [1.29, 1.82) is 0 Å². The summed E-state index contributed by atoms with van der Waals surface area (Å²) < 4.78 is 0.975. The van der Waals surface area contributed by atoms with Gasteiger partial charge in [-0.2, -0.15) is 0 Å². The Bertz CT molecular complexity index is 459. The van der Waals surface area contributed by atoms with Crippen LogP contribution in [-0.2, 0) is 0 Å². The lowest BCUT2D eigenvalue weighted by Gasteiger charge is -2.18. The standard InChI is InChI=1S/C13H16BrN3O.ClH/c14-11-2-1-3-12(4-11)16-13(18)17-7-9-5-15-6-10(9)8-17;/h1-4,9-10,15H,5-8H2,(H,16,18);1H. The van der Waals surface area contributed by atoms with Gasteiger partial charge in [-0.05, 0) is 30.0 Å². The van der Waals surface area contributed by atoms with E-state index in [4.69, 9.17) is 0 Å². The molecule has 0 radical (unpaired) electrons. The maximum Gasteiger partial charge on any atom is 0.321 e. The fourth-order valence-electron chi connectivity index (χ4n) is 2.79. The minimum absolute atomic E-state index is 0. The number of carbonyl (C=O) groups excluding carboxylic acids is 1. The number of urea groups is 1. The molecule has 2 heterocycles. The fourth-order valence-corrected chi connectivity index (χ4v) is 3.19. The molecule has 4 nitrogen and oxygen atoms in total. The molecule has 0 aromatic heterocycles. The van der Waals surface area contributed by atoms with Crippen LogP contribution in [-0.4, -0.2) is 37.1 Å². The highest BCUT2D eigenvalue weighted by Gasteiger charge is 2.37. The zero-order valence-electron chi connectivity index (χ0n) is 10.4. The number of benzene rings is 1. The van der Waals surface area contributed by atoms with Crippen molar-refractivity contribution in [3.05, 3.63) is 28.7 Å². The Hall–Kier alpha value is -0.780. The van der Waals surface area contributed by atoms with Crippen LogP contribution in [0.3, 0.4) is 0 Å². The highest BCUT2D eigenvalue weighted by molar-refractivity contribution is 9.10. The number of likely N-dealkylation sites (tertiary alicyclic amines) is 1. The van der Waals surface area contributed by atoms with E-state index in [1.807, 2.05) is 29.2 Å². The molecule has 1 aromatic carbocycles. The molecule has 2 atom stereocenters. The lowest BCUT2D eigenvalue weighted by molar-refractivity contribution is 0.219. The second kappa shape index (κ2) is 6.11. The molecule has 6 heteroatoms. The van der Waals surface area contributed by atoms with Gasteiger partial charge in [0.15, 0.2) is 0 Å². The summed E-state index contributed by atoms with van der Waals surface area (Å²) in [4.78, 5) is 14.1. The van der Waals surface area contributed by atoms with Crippen LogP contribution < -0.4 is 10.6 Å². The maximum absolute atomic E-state index is 12.1. The van der Waals surface area contributed by atoms with Gasteiger partial charge in [0.2, 0.25) is 0 Å². The number of amides is 2. The summed E-state index contributed by atoms with van der Waals surface area (Å²) in [5, 5.41) is 6.33.